The molecule has 1 atom stereocenters. The molecule has 1 aromatic heterocycles. The summed E-state index contributed by atoms with van der Waals surface area (Å²) in [6.45, 7) is 8.42. The largest absolute Gasteiger partial charge is 0.490 e. The van der Waals surface area contributed by atoms with Crippen LogP contribution in [-0.4, -0.2) is 46.4 Å². The van der Waals surface area contributed by atoms with E-state index in [-0.39, 0.29) is 6.04 Å². The quantitative estimate of drug-likeness (QED) is 0.456. The Bertz CT molecular complexity index is 935. The minimum atomic E-state index is -3.30. The van der Waals surface area contributed by atoms with Gasteiger partial charge < -0.3 is 19.8 Å². The summed E-state index contributed by atoms with van der Waals surface area (Å²) < 4.78 is 37.2. The highest BCUT2D eigenvalue weighted by molar-refractivity contribution is 7.88. The van der Waals surface area contributed by atoms with Gasteiger partial charge in [-0.2, -0.15) is 0 Å². The first-order chi connectivity index (χ1) is 13.0. The van der Waals surface area contributed by atoms with Crippen LogP contribution in [0.1, 0.15) is 39.5 Å². The van der Waals surface area contributed by atoms with E-state index in [0.717, 1.165) is 28.7 Å². The van der Waals surface area contributed by atoms with Crippen LogP contribution < -0.4 is 20.1 Å². The number of sulfonamides is 1. The zero-order valence-electron chi connectivity index (χ0n) is 17.3. The molecule has 0 aliphatic rings. The average Bonchev–Trinajstić information content (AvgIpc) is 3.02. The van der Waals surface area contributed by atoms with E-state index >= 15 is 0 Å². The third kappa shape index (κ3) is 6.13. The van der Waals surface area contributed by atoms with Crippen molar-refractivity contribution >= 4 is 27.0 Å². The fourth-order valence-electron chi connectivity index (χ4n) is 2.85. The van der Waals surface area contributed by atoms with Gasteiger partial charge in [-0.05, 0) is 39.8 Å². The third-order valence-electron chi connectivity index (χ3n) is 3.99. The van der Waals surface area contributed by atoms with Crippen LogP contribution in [0.4, 0.5) is 0 Å². The standard InChI is InChI=1S/C19H30N4O4S/c1-7-26-15-10-8-9-14-11-16(27-17(14)15)13(2)22-18(20-5)21-12-19(3,4)23-28(6,24)25/h8-11,13,23H,7,12H2,1-6H3,(H2,20,21,22). The molecule has 1 aromatic carbocycles. The number of benzene rings is 1. The zero-order valence-corrected chi connectivity index (χ0v) is 18.1. The predicted molar refractivity (Wildman–Crippen MR) is 112 cm³/mol. The average molecular weight is 411 g/mol. The predicted octanol–water partition coefficient (Wildman–Crippen LogP) is 2.39. The Morgan fingerprint density at radius 1 is 1.36 bits per heavy atom. The summed E-state index contributed by atoms with van der Waals surface area (Å²) in [5.41, 5.74) is 0.0506. The minimum Gasteiger partial charge on any atom is -0.490 e. The lowest BCUT2D eigenvalue weighted by Gasteiger charge is -2.27. The van der Waals surface area contributed by atoms with Gasteiger partial charge in [-0.3, -0.25) is 4.99 Å². The molecule has 156 valence electrons. The van der Waals surface area contributed by atoms with Gasteiger partial charge in [-0.1, -0.05) is 12.1 Å². The Morgan fingerprint density at radius 2 is 2.07 bits per heavy atom. The molecule has 2 aromatic rings. The molecule has 2 rings (SSSR count). The van der Waals surface area contributed by atoms with Crippen molar-refractivity contribution in [3.05, 3.63) is 30.0 Å². The maximum Gasteiger partial charge on any atom is 0.209 e. The second-order valence-electron chi connectivity index (χ2n) is 7.31. The first-order valence-corrected chi connectivity index (χ1v) is 11.0. The number of ether oxygens (including phenoxy) is 1. The van der Waals surface area contributed by atoms with Gasteiger partial charge in [0.15, 0.2) is 17.3 Å². The first-order valence-electron chi connectivity index (χ1n) is 9.16. The molecule has 0 aliphatic heterocycles. The number of hydrogen-bond donors (Lipinski definition) is 3. The van der Waals surface area contributed by atoms with Gasteiger partial charge in [0.05, 0.1) is 18.9 Å². The number of fused-ring (bicyclic) bond motifs is 1. The van der Waals surface area contributed by atoms with E-state index < -0.39 is 15.6 Å². The van der Waals surface area contributed by atoms with Gasteiger partial charge in [0.1, 0.15) is 5.76 Å². The van der Waals surface area contributed by atoms with Gasteiger partial charge in [0, 0.05) is 24.5 Å². The summed E-state index contributed by atoms with van der Waals surface area (Å²) in [6.07, 6.45) is 1.14. The van der Waals surface area contributed by atoms with Crippen molar-refractivity contribution in [2.75, 3.05) is 26.5 Å². The van der Waals surface area contributed by atoms with Crippen molar-refractivity contribution in [2.24, 2.45) is 4.99 Å². The summed E-state index contributed by atoms with van der Waals surface area (Å²) in [7, 11) is -1.65. The number of aliphatic imine (C=N–C) groups is 1. The fraction of sp³-hybridized carbons (Fsp3) is 0.526. The number of nitrogens with zero attached hydrogens (tertiary/aromatic N) is 1. The molecule has 28 heavy (non-hydrogen) atoms. The van der Waals surface area contributed by atoms with E-state index in [0.29, 0.717) is 19.1 Å². The lowest BCUT2D eigenvalue weighted by atomic mass is 10.1. The van der Waals surface area contributed by atoms with Crippen LogP contribution in [0.15, 0.2) is 33.7 Å². The van der Waals surface area contributed by atoms with Gasteiger partial charge in [0.2, 0.25) is 10.0 Å². The fourth-order valence-corrected chi connectivity index (χ4v) is 3.93. The molecule has 0 fully saturated rings. The lowest BCUT2D eigenvalue weighted by Crippen LogP contribution is -2.53. The molecular weight excluding hydrogens is 380 g/mol. The maximum absolute atomic E-state index is 11.5. The van der Waals surface area contributed by atoms with Crippen LogP contribution in [0.5, 0.6) is 5.75 Å². The van der Waals surface area contributed by atoms with Crippen LogP contribution >= 0.6 is 0 Å². The normalized spacial score (nSPS) is 14.1. The van der Waals surface area contributed by atoms with E-state index in [1.54, 1.807) is 20.9 Å². The van der Waals surface area contributed by atoms with Crippen LogP contribution in [-0.2, 0) is 10.0 Å². The summed E-state index contributed by atoms with van der Waals surface area (Å²) in [4.78, 5) is 4.20. The van der Waals surface area contributed by atoms with Gasteiger partial charge >= 0.3 is 0 Å². The smallest absolute Gasteiger partial charge is 0.209 e. The van der Waals surface area contributed by atoms with Crippen molar-refractivity contribution in [3.63, 3.8) is 0 Å². The Hall–Kier alpha value is -2.26. The monoisotopic (exact) mass is 410 g/mol. The van der Waals surface area contributed by atoms with E-state index in [4.69, 9.17) is 9.15 Å². The molecule has 0 aliphatic carbocycles. The van der Waals surface area contributed by atoms with Gasteiger partial charge in [-0.25, -0.2) is 13.1 Å². The number of furan rings is 1. The Balaban J connectivity index is 2.07. The van der Waals surface area contributed by atoms with Gasteiger partial charge in [-0.15, -0.1) is 0 Å². The number of guanidine groups is 1. The molecular formula is C19H30N4O4S. The van der Waals surface area contributed by atoms with Crippen molar-refractivity contribution < 1.29 is 17.6 Å². The SMILES string of the molecule is CCOc1cccc2cc(C(C)NC(=NC)NCC(C)(C)NS(C)(=O)=O)oc12. The van der Waals surface area contributed by atoms with Crippen LogP contribution in [0.3, 0.4) is 0 Å². The molecule has 8 nitrogen and oxygen atoms in total. The molecule has 0 spiro atoms. The third-order valence-corrected chi connectivity index (χ3v) is 4.91. The van der Waals surface area contributed by atoms with Gasteiger partial charge in [0.25, 0.3) is 0 Å². The van der Waals surface area contributed by atoms with Crippen LogP contribution in [0, 0.1) is 0 Å². The van der Waals surface area contributed by atoms with E-state index in [1.165, 1.54) is 0 Å². The Kier molecular flexibility index (Phi) is 6.95. The molecule has 0 amide bonds. The van der Waals surface area contributed by atoms with Crippen LogP contribution in [0.2, 0.25) is 0 Å². The van der Waals surface area contributed by atoms with E-state index in [1.807, 2.05) is 38.1 Å². The van der Waals surface area contributed by atoms with Crippen LogP contribution in [0.25, 0.3) is 11.0 Å². The zero-order chi connectivity index (χ0) is 20.9. The Labute approximate surface area is 166 Å². The summed E-state index contributed by atoms with van der Waals surface area (Å²) >= 11 is 0. The summed E-state index contributed by atoms with van der Waals surface area (Å²) in [6, 6.07) is 7.61. The van der Waals surface area contributed by atoms with E-state index in [2.05, 4.69) is 20.3 Å². The lowest BCUT2D eigenvalue weighted by molar-refractivity contribution is 0.336. The van der Waals surface area contributed by atoms with Crippen molar-refractivity contribution in [2.45, 2.75) is 39.3 Å². The molecule has 1 heterocycles. The molecule has 0 radical (unpaired) electrons. The highest BCUT2D eigenvalue weighted by atomic mass is 32.2. The molecule has 3 N–H and O–H groups in total. The topological polar surface area (TPSA) is 105 Å². The minimum absolute atomic E-state index is 0.154. The molecule has 0 saturated heterocycles. The maximum atomic E-state index is 11.5. The highest BCUT2D eigenvalue weighted by Crippen LogP contribution is 2.31. The molecule has 1 unspecified atom stereocenters. The Morgan fingerprint density at radius 3 is 2.68 bits per heavy atom. The molecule has 0 bridgehead atoms. The van der Waals surface area contributed by atoms with Crippen molar-refractivity contribution in [1.82, 2.24) is 15.4 Å². The number of hydrogen-bond acceptors (Lipinski definition) is 5. The second kappa shape index (κ2) is 8.83. The van der Waals surface area contributed by atoms with Crippen molar-refractivity contribution in [3.8, 4) is 5.75 Å². The highest BCUT2D eigenvalue weighted by Gasteiger charge is 2.23. The van der Waals surface area contributed by atoms with Crippen molar-refractivity contribution in [1.29, 1.82) is 0 Å². The molecule has 0 saturated carbocycles. The second-order valence-corrected chi connectivity index (χ2v) is 9.05. The summed E-state index contributed by atoms with van der Waals surface area (Å²) in [5.74, 6) is 2.01. The van der Waals surface area contributed by atoms with E-state index in [9.17, 15) is 8.42 Å². The molecule has 9 heteroatoms. The number of nitrogens with one attached hydrogen (secondary N) is 3. The number of para-hydroxylation sites is 1. The summed E-state index contributed by atoms with van der Waals surface area (Å²) in [5, 5.41) is 7.37. The first kappa shape index (κ1) is 22.0. The number of rotatable bonds is 8.